The van der Waals surface area contributed by atoms with Crippen molar-refractivity contribution in [3.63, 3.8) is 0 Å². The molecule has 0 fully saturated rings. The minimum atomic E-state index is -0.187. The highest BCUT2D eigenvalue weighted by atomic mass is 16.5. The molecule has 21 heavy (non-hydrogen) atoms. The Morgan fingerprint density at radius 2 is 2.14 bits per heavy atom. The molecule has 0 radical (unpaired) electrons. The van der Waals surface area contributed by atoms with Gasteiger partial charge >= 0.3 is 0 Å². The molecule has 1 aliphatic rings. The lowest BCUT2D eigenvalue weighted by Crippen LogP contribution is -2.15. The molecular weight excluding hydrogens is 268 g/mol. The zero-order valence-corrected chi connectivity index (χ0v) is 12.3. The maximum Gasteiger partial charge on any atom is 0.224 e. The Morgan fingerprint density at radius 1 is 1.33 bits per heavy atom. The Hall–Kier alpha value is -2.30. The topological polar surface area (TPSA) is 67.4 Å². The Bertz CT molecular complexity index is 567. The predicted octanol–water partition coefficient (Wildman–Crippen LogP) is 2.95. The number of hydrogen-bond donors (Lipinski definition) is 2. The van der Waals surface area contributed by atoms with Gasteiger partial charge in [-0.3, -0.25) is 9.59 Å². The molecular formula is C16H20N2O3. The SMILES string of the molecule is COc1ccc(NC(=O)CC2C=CCC2)cc1NC(C)=O. The fraction of sp³-hybridized carbons (Fsp3) is 0.375. The van der Waals surface area contributed by atoms with Gasteiger partial charge in [0.2, 0.25) is 11.8 Å². The molecule has 0 spiro atoms. The Kier molecular flexibility index (Phi) is 4.98. The predicted molar refractivity (Wildman–Crippen MR) is 82.4 cm³/mol. The highest BCUT2D eigenvalue weighted by Crippen LogP contribution is 2.28. The average Bonchev–Trinajstić information content (AvgIpc) is 2.91. The molecule has 1 atom stereocenters. The molecule has 2 amide bonds. The van der Waals surface area contributed by atoms with E-state index in [0.29, 0.717) is 29.5 Å². The first kappa shape index (κ1) is 15.1. The van der Waals surface area contributed by atoms with Crippen LogP contribution in [0.2, 0.25) is 0 Å². The monoisotopic (exact) mass is 288 g/mol. The van der Waals surface area contributed by atoms with Crippen LogP contribution in [0.4, 0.5) is 11.4 Å². The molecule has 1 unspecified atom stereocenters. The van der Waals surface area contributed by atoms with Gasteiger partial charge in [0, 0.05) is 19.0 Å². The first-order valence-electron chi connectivity index (χ1n) is 7.00. The maximum absolute atomic E-state index is 12.0. The molecule has 0 saturated carbocycles. The highest BCUT2D eigenvalue weighted by molar-refractivity contribution is 5.94. The minimum absolute atomic E-state index is 0.0227. The lowest BCUT2D eigenvalue weighted by molar-refractivity contribution is -0.117. The van der Waals surface area contributed by atoms with E-state index >= 15 is 0 Å². The quantitative estimate of drug-likeness (QED) is 0.819. The Labute approximate surface area is 124 Å². The average molecular weight is 288 g/mol. The van der Waals surface area contributed by atoms with Gasteiger partial charge in [-0.1, -0.05) is 12.2 Å². The van der Waals surface area contributed by atoms with Crippen molar-refractivity contribution < 1.29 is 14.3 Å². The number of carbonyl (C=O) groups is 2. The molecule has 0 heterocycles. The second-order valence-corrected chi connectivity index (χ2v) is 5.11. The van der Waals surface area contributed by atoms with E-state index in [2.05, 4.69) is 22.8 Å². The van der Waals surface area contributed by atoms with Crippen LogP contribution in [0.25, 0.3) is 0 Å². The summed E-state index contributed by atoms with van der Waals surface area (Å²) in [5, 5.41) is 5.54. The Morgan fingerprint density at radius 3 is 2.76 bits per heavy atom. The van der Waals surface area contributed by atoms with E-state index in [1.54, 1.807) is 18.2 Å². The molecule has 2 rings (SSSR count). The van der Waals surface area contributed by atoms with E-state index in [-0.39, 0.29) is 11.8 Å². The van der Waals surface area contributed by atoms with Crippen LogP contribution >= 0.6 is 0 Å². The molecule has 0 bridgehead atoms. The van der Waals surface area contributed by atoms with Crippen molar-refractivity contribution in [3.8, 4) is 5.75 Å². The minimum Gasteiger partial charge on any atom is -0.495 e. The third kappa shape index (κ3) is 4.34. The highest BCUT2D eigenvalue weighted by Gasteiger charge is 2.14. The van der Waals surface area contributed by atoms with Crippen molar-refractivity contribution >= 4 is 23.2 Å². The largest absolute Gasteiger partial charge is 0.495 e. The summed E-state index contributed by atoms with van der Waals surface area (Å²) < 4.78 is 5.18. The van der Waals surface area contributed by atoms with Crippen LogP contribution in [0.5, 0.6) is 5.75 Å². The first-order valence-corrected chi connectivity index (χ1v) is 7.00. The number of nitrogens with one attached hydrogen (secondary N) is 2. The second kappa shape index (κ2) is 6.92. The van der Waals surface area contributed by atoms with Crippen LogP contribution < -0.4 is 15.4 Å². The molecule has 112 valence electrons. The maximum atomic E-state index is 12.0. The van der Waals surface area contributed by atoms with Crippen LogP contribution in [0.1, 0.15) is 26.2 Å². The molecule has 0 saturated heterocycles. The van der Waals surface area contributed by atoms with Crippen LogP contribution in [-0.4, -0.2) is 18.9 Å². The van der Waals surface area contributed by atoms with Crippen molar-refractivity contribution in [2.75, 3.05) is 17.7 Å². The summed E-state index contributed by atoms with van der Waals surface area (Å²) >= 11 is 0. The number of methoxy groups -OCH3 is 1. The second-order valence-electron chi connectivity index (χ2n) is 5.11. The molecule has 1 aromatic carbocycles. The van der Waals surface area contributed by atoms with E-state index in [1.165, 1.54) is 14.0 Å². The number of allylic oxidation sites excluding steroid dienone is 2. The van der Waals surface area contributed by atoms with Gasteiger partial charge in [0.25, 0.3) is 0 Å². The standard InChI is InChI=1S/C16H20N2O3/c1-11(19)17-14-10-13(7-8-15(14)21-2)18-16(20)9-12-5-3-4-6-12/h3,5,7-8,10,12H,4,6,9H2,1-2H3,(H,17,19)(H,18,20). The Balaban J connectivity index is 2.03. The summed E-state index contributed by atoms with van der Waals surface area (Å²) in [6, 6.07) is 5.17. The van der Waals surface area contributed by atoms with Gasteiger partial charge in [0.05, 0.1) is 12.8 Å². The fourth-order valence-corrected chi connectivity index (χ4v) is 2.39. The molecule has 1 aliphatic carbocycles. The molecule has 5 heteroatoms. The molecule has 2 N–H and O–H groups in total. The number of hydrogen-bond acceptors (Lipinski definition) is 3. The summed E-state index contributed by atoms with van der Waals surface area (Å²) in [5.74, 6) is 0.679. The van der Waals surface area contributed by atoms with Crippen LogP contribution in [0.15, 0.2) is 30.4 Å². The summed E-state index contributed by atoms with van der Waals surface area (Å²) in [6.45, 7) is 1.43. The van der Waals surface area contributed by atoms with Crippen LogP contribution in [-0.2, 0) is 9.59 Å². The van der Waals surface area contributed by atoms with Crippen molar-refractivity contribution in [1.82, 2.24) is 0 Å². The van der Waals surface area contributed by atoms with E-state index in [0.717, 1.165) is 12.8 Å². The van der Waals surface area contributed by atoms with E-state index in [1.807, 2.05) is 0 Å². The number of ether oxygens (including phenoxy) is 1. The van der Waals surface area contributed by atoms with Gasteiger partial charge in [-0.2, -0.15) is 0 Å². The number of anilines is 2. The third-order valence-electron chi connectivity index (χ3n) is 3.35. The van der Waals surface area contributed by atoms with Crippen molar-refractivity contribution in [1.29, 1.82) is 0 Å². The van der Waals surface area contributed by atoms with Crippen LogP contribution in [0.3, 0.4) is 0 Å². The van der Waals surface area contributed by atoms with Gasteiger partial charge in [-0.05, 0) is 37.0 Å². The van der Waals surface area contributed by atoms with Gasteiger partial charge in [0.15, 0.2) is 0 Å². The number of rotatable bonds is 5. The molecule has 1 aromatic rings. The fourth-order valence-electron chi connectivity index (χ4n) is 2.39. The first-order chi connectivity index (χ1) is 10.1. The van der Waals surface area contributed by atoms with Gasteiger partial charge in [-0.15, -0.1) is 0 Å². The molecule has 0 aliphatic heterocycles. The lowest BCUT2D eigenvalue weighted by Gasteiger charge is -2.13. The van der Waals surface area contributed by atoms with Crippen molar-refractivity contribution in [2.45, 2.75) is 26.2 Å². The van der Waals surface area contributed by atoms with E-state index in [4.69, 9.17) is 4.74 Å². The zero-order chi connectivity index (χ0) is 15.2. The third-order valence-corrected chi connectivity index (χ3v) is 3.35. The summed E-state index contributed by atoms with van der Waals surface area (Å²) in [7, 11) is 1.53. The van der Waals surface area contributed by atoms with Gasteiger partial charge in [-0.25, -0.2) is 0 Å². The summed E-state index contributed by atoms with van der Waals surface area (Å²) in [6.07, 6.45) is 6.77. The number of carbonyl (C=O) groups excluding carboxylic acids is 2. The smallest absolute Gasteiger partial charge is 0.224 e. The zero-order valence-electron chi connectivity index (χ0n) is 12.3. The van der Waals surface area contributed by atoms with E-state index < -0.39 is 0 Å². The normalized spacial score (nSPS) is 16.6. The molecule has 0 aromatic heterocycles. The van der Waals surface area contributed by atoms with Gasteiger partial charge in [0.1, 0.15) is 5.75 Å². The van der Waals surface area contributed by atoms with Crippen LogP contribution in [0, 0.1) is 5.92 Å². The number of benzene rings is 1. The van der Waals surface area contributed by atoms with E-state index in [9.17, 15) is 9.59 Å². The lowest BCUT2D eigenvalue weighted by atomic mass is 10.1. The van der Waals surface area contributed by atoms with Crippen molar-refractivity contribution in [2.24, 2.45) is 5.92 Å². The summed E-state index contributed by atoms with van der Waals surface area (Å²) in [4.78, 5) is 23.2. The molecule has 5 nitrogen and oxygen atoms in total. The van der Waals surface area contributed by atoms with Crippen molar-refractivity contribution in [3.05, 3.63) is 30.4 Å². The van der Waals surface area contributed by atoms with Gasteiger partial charge < -0.3 is 15.4 Å². The summed E-state index contributed by atoms with van der Waals surface area (Å²) in [5.41, 5.74) is 1.19. The number of amides is 2.